The van der Waals surface area contributed by atoms with Gasteiger partial charge in [-0.15, -0.1) is 0 Å². The summed E-state index contributed by atoms with van der Waals surface area (Å²) in [7, 11) is 0. The van der Waals surface area contributed by atoms with Gasteiger partial charge in [0.2, 0.25) is 11.8 Å². The van der Waals surface area contributed by atoms with Crippen LogP contribution >= 0.6 is 11.6 Å². The molecule has 0 saturated carbocycles. The van der Waals surface area contributed by atoms with Crippen LogP contribution in [0.25, 0.3) is 0 Å². The fourth-order valence-electron chi connectivity index (χ4n) is 3.28. The second kappa shape index (κ2) is 3.93. The molecule has 5 heteroatoms. The molecule has 4 atom stereocenters. The van der Waals surface area contributed by atoms with Gasteiger partial charge in [0.15, 0.2) is 0 Å². The molecule has 4 nitrogen and oxygen atoms in total. The number of carbonyl (C=O) groups excluding carboxylic acids is 2. The zero-order chi connectivity index (χ0) is 14.0. The quantitative estimate of drug-likeness (QED) is 0.587. The number of hydrogen-bond acceptors (Lipinski definition) is 3. The number of nitrogens with zero attached hydrogens (tertiary/aromatic N) is 1. The predicted octanol–water partition coefficient (Wildman–Crippen LogP) is 2.09. The van der Waals surface area contributed by atoms with E-state index in [2.05, 4.69) is 0 Å². The molecule has 4 rings (SSSR count). The third-order valence-electron chi connectivity index (χ3n) is 4.32. The Morgan fingerprint density at radius 3 is 2.25 bits per heavy atom. The highest BCUT2D eigenvalue weighted by molar-refractivity contribution is 6.32. The largest absolute Gasteiger partial charge is 0.365 e. The fraction of sp³-hybridized carbons (Fsp3) is 0.333. The van der Waals surface area contributed by atoms with Gasteiger partial charge in [-0.25, -0.2) is 4.90 Å². The molecule has 2 amide bonds. The number of carbonyl (C=O) groups is 2. The monoisotopic (exact) mass is 289 g/mol. The lowest BCUT2D eigenvalue weighted by atomic mass is 9.85. The van der Waals surface area contributed by atoms with E-state index in [0.29, 0.717) is 10.7 Å². The maximum absolute atomic E-state index is 12.5. The molecule has 0 spiro atoms. The summed E-state index contributed by atoms with van der Waals surface area (Å²) in [5.74, 6) is -1.12. The molecular formula is C15H12ClNO3. The average Bonchev–Trinajstić information content (AvgIpc) is 3.08. The van der Waals surface area contributed by atoms with Crippen LogP contribution in [-0.2, 0) is 14.3 Å². The number of fused-ring (bicyclic) bond motifs is 5. The number of rotatable bonds is 1. The van der Waals surface area contributed by atoms with Crippen LogP contribution in [0.1, 0.15) is 5.56 Å². The van der Waals surface area contributed by atoms with Gasteiger partial charge < -0.3 is 4.74 Å². The lowest BCUT2D eigenvalue weighted by Crippen LogP contribution is -2.34. The minimum Gasteiger partial charge on any atom is -0.365 e. The van der Waals surface area contributed by atoms with E-state index in [1.54, 1.807) is 12.1 Å². The zero-order valence-electron chi connectivity index (χ0n) is 10.7. The maximum atomic E-state index is 12.5. The number of anilines is 1. The summed E-state index contributed by atoms with van der Waals surface area (Å²) in [6.07, 6.45) is 3.24. The van der Waals surface area contributed by atoms with E-state index in [-0.39, 0.29) is 35.9 Å². The topological polar surface area (TPSA) is 46.6 Å². The molecule has 2 saturated heterocycles. The van der Waals surface area contributed by atoms with E-state index in [1.165, 1.54) is 4.90 Å². The molecule has 20 heavy (non-hydrogen) atoms. The minimum absolute atomic E-state index is 0.184. The van der Waals surface area contributed by atoms with Crippen LogP contribution in [0.3, 0.4) is 0 Å². The van der Waals surface area contributed by atoms with Crippen molar-refractivity contribution in [3.05, 3.63) is 40.9 Å². The Bertz CT molecular complexity index is 639. The minimum atomic E-state index is -0.377. The summed E-state index contributed by atoms with van der Waals surface area (Å²) in [5, 5.41) is 0.553. The summed E-state index contributed by atoms with van der Waals surface area (Å²) in [6.45, 7) is 1.88. The first-order chi connectivity index (χ1) is 9.58. The highest BCUT2D eigenvalue weighted by Crippen LogP contribution is 2.46. The first-order valence-corrected chi connectivity index (χ1v) is 6.93. The number of ether oxygens (including phenoxy) is 1. The molecular weight excluding hydrogens is 278 g/mol. The Labute approximate surface area is 121 Å². The standard InChI is InChI=1S/C15H12ClNO3/c1-7-2-3-8(6-9(7)16)17-14(18)12-10-4-5-11(20-10)13(12)15(17)19/h2-6,10-13H,1H3/t10-,11-,12+,13+/m1/s1. The van der Waals surface area contributed by atoms with Crippen LogP contribution in [0.5, 0.6) is 0 Å². The number of hydrogen-bond donors (Lipinski definition) is 0. The van der Waals surface area contributed by atoms with E-state index in [4.69, 9.17) is 16.3 Å². The van der Waals surface area contributed by atoms with Crippen molar-refractivity contribution in [3.63, 3.8) is 0 Å². The molecule has 2 fully saturated rings. The predicted molar refractivity (Wildman–Crippen MR) is 73.5 cm³/mol. The number of aryl methyl sites for hydroxylation is 1. The molecule has 2 bridgehead atoms. The van der Waals surface area contributed by atoms with E-state index >= 15 is 0 Å². The van der Waals surface area contributed by atoms with E-state index in [1.807, 2.05) is 25.1 Å². The van der Waals surface area contributed by atoms with Gasteiger partial charge in [0, 0.05) is 5.02 Å². The molecule has 0 aromatic heterocycles. The van der Waals surface area contributed by atoms with E-state index < -0.39 is 0 Å². The number of halogens is 1. The zero-order valence-corrected chi connectivity index (χ0v) is 11.5. The lowest BCUT2D eigenvalue weighted by molar-refractivity contribution is -0.124. The molecule has 0 unspecified atom stereocenters. The van der Waals surface area contributed by atoms with Gasteiger partial charge in [0.1, 0.15) is 0 Å². The van der Waals surface area contributed by atoms with Gasteiger partial charge in [-0.1, -0.05) is 29.8 Å². The van der Waals surface area contributed by atoms with Crippen LogP contribution in [0, 0.1) is 18.8 Å². The summed E-state index contributed by atoms with van der Waals surface area (Å²) < 4.78 is 5.60. The fourth-order valence-corrected chi connectivity index (χ4v) is 3.45. The first kappa shape index (κ1) is 12.1. The van der Waals surface area contributed by atoms with Crippen LogP contribution < -0.4 is 4.90 Å². The summed E-state index contributed by atoms with van der Waals surface area (Å²) >= 11 is 6.09. The second-order valence-corrected chi connectivity index (χ2v) is 5.85. The molecule has 1 aromatic carbocycles. The Balaban J connectivity index is 1.76. The summed E-state index contributed by atoms with van der Waals surface area (Å²) in [5.41, 5.74) is 1.46. The molecule has 0 aliphatic carbocycles. The normalized spacial score (nSPS) is 34.2. The van der Waals surface area contributed by atoms with E-state index in [0.717, 1.165) is 5.56 Å². The highest BCUT2D eigenvalue weighted by atomic mass is 35.5. The van der Waals surface area contributed by atoms with Gasteiger partial charge in [0.25, 0.3) is 0 Å². The van der Waals surface area contributed by atoms with Crippen molar-refractivity contribution in [2.24, 2.45) is 11.8 Å². The third-order valence-corrected chi connectivity index (χ3v) is 4.73. The molecule has 1 aromatic rings. The summed E-state index contributed by atoms with van der Waals surface area (Å²) in [6, 6.07) is 5.24. The molecule has 0 N–H and O–H groups in total. The molecule has 3 heterocycles. The molecule has 0 radical (unpaired) electrons. The van der Waals surface area contributed by atoms with Crippen molar-refractivity contribution in [2.75, 3.05) is 4.90 Å². The third kappa shape index (κ3) is 1.41. The van der Waals surface area contributed by atoms with Crippen LogP contribution in [0.15, 0.2) is 30.4 Å². The van der Waals surface area contributed by atoms with Crippen molar-refractivity contribution in [1.29, 1.82) is 0 Å². The van der Waals surface area contributed by atoms with Crippen molar-refractivity contribution in [1.82, 2.24) is 0 Å². The van der Waals surface area contributed by atoms with Crippen LogP contribution in [0.4, 0.5) is 5.69 Å². The van der Waals surface area contributed by atoms with Gasteiger partial charge in [-0.2, -0.15) is 0 Å². The van der Waals surface area contributed by atoms with Crippen molar-refractivity contribution in [2.45, 2.75) is 19.1 Å². The number of imide groups is 1. The second-order valence-electron chi connectivity index (χ2n) is 5.45. The average molecular weight is 290 g/mol. The van der Waals surface area contributed by atoms with Gasteiger partial charge in [-0.05, 0) is 24.6 Å². The Hall–Kier alpha value is -1.65. The maximum Gasteiger partial charge on any atom is 0.240 e. The van der Waals surface area contributed by atoms with Gasteiger partial charge >= 0.3 is 0 Å². The van der Waals surface area contributed by atoms with Crippen molar-refractivity contribution >= 4 is 29.1 Å². The van der Waals surface area contributed by atoms with Crippen LogP contribution in [-0.4, -0.2) is 24.0 Å². The van der Waals surface area contributed by atoms with Gasteiger partial charge in [-0.3, -0.25) is 9.59 Å². The SMILES string of the molecule is Cc1ccc(N2C(=O)[C@@H]3[C@@H](C2=O)[C@H]2C=C[C@H]3O2)cc1Cl. The molecule has 3 aliphatic rings. The number of benzene rings is 1. The molecule has 3 aliphatic heterocycles. The van der Waals surface area contributed by atoms with E-state index in [9.17, 15) is 9.59 Å². The number of amides is 2. The Kier molecular flexibility index (Phi) is 2.38. The summed E-state index contributed by atoms with van der Waals surface area (Å²) in [4.78, 5) is 26.3. The lowest BCUT2D eigenvalue weighted by Gasteiger charge is -2.18. The van der Waals surface area contributed by atoms with Crippen LogP contribution in [0.2, 0.25) is 5.02 Å². The van der Waals surface area contributed by atoms with Crippen molar-refractivity contribution < 1.29 is 14.3 Å². The Morgan fingerprint density at radius 1 is 1.10 bits per heavy atom. The smallest absolute Gasteiger partial charge is 0.240 e. The Morgan fingerprint density at radius 2 is 1.70 bits per heavy atom. The molecule has 102 valence electrons. The van der Waals surface area contributed by atoms with Crippen molar-refractivity contribution in [3.8, 4) is 0 Å². The first-order valence-electron chi connectivity index (χ1n) is 6.55. The highest BCUT2D eigenvalue weighted by Gasteiger charge is 2.60. The van der Waals surface area contributed by atoms with Gasteiger partial charge in [0.05, 0.1) is 29.7 Å².